The van der Waals surface area contributed by atoms with Gasteiger partial charge in [-0.05, 0) is 17.5 Å². The van der Waals surface area contributed by atoms with Gasteiger partial charge in [0, 0.05) is 0 Å². The highest BCUT2D eigenvalue weighted by molar-refractivity contribution is 7.13. The van der Waals surface area contributed by atoms with Crippen LogP contribution in [-0.4, -0.2) is 24.7 Å². The van der Waals surface area contributed by atoms with Gasteiger partial charge in [0.15, 0.2) is 5.69 Å². The van der Waals surface area contributed by atoms with Crippen molar-refractivity contribution in [3.05, 3.63) is 51.8 Å². The Labute approximate surface area is 130 Å². The number of hydrogen-bond acceptors (Lipinski definition) is 6. The monoisotopic (exact) mass is 341 g/mol. The molecule has 0 spiro atoms. The maximum absolute atomic E-state index is 13.0. The number of alkyl halides is 3. The van der Waals surface area contributed by atoms with Gasteiger partial charge in [-0.3, -0.25) is 10.1 Å². The van der Waals surface area contributed by atoms with Crippen molar-refractivity contribution in [1.82, 2.24) is 19.7 Å². The first kappa shape index (κ1) is 15.1. The summed E-state index contributed by atoms with van der Waals surface area (Å²) < 4.78 is 39.9. The Morgan fingerprint density at radius 2 is 2.09 bits per heavy atom. The smallest absolute Gasteiger partial charge is 0.258 e. The number of nitro groups is 1. The van der Waals surface area contributed by atoms with E-state index >= 15 is 0 Å². The highest BCUT2D eigenvalue weighted by Gasteiger charge is 2.34. The molecule has 0 saturated heterocycles. The first-order valence-electron chi connectivity index (χ1n) is 6.04. The van der Waals surface area contributed by atoms with Crippen LogP contribution in [0.25, 0.3) is 16.5 Å². The Bertz CT molecular complexity index is 860. The quantitative estimate of drug-likeness (QED) is 0.539. The second-order valence-corrected chi connectivity index (χ2v) is 5.26. The topological polar surface area (TPSA) is 86.7 Å². The largest absolute Gasteiger partial charge is 0.433 e. The summed E-state index contributed by atoms with van der Waals surface area (Å²) in [5.41, 5.74) is -1.46. The second-order valence-electron chi connectivity index (χ2n) is 4.31. The number of nitrogens with zero attached hydrogens (tertiary/aromatic N) is 5. The molecule has 11 heteroatoms. The molecule has 0 aliphatic heterocycles. The molecule has 0 radical (unpaired) electrons. The Morgan fingerprint density at radius 1 is 1.30 bits per heavy atom. The van der Waals surface area contributed by atoms with Gasteiger partial charge in [-0.15, -0.1) is 11.3 Å². The van der Waals surface area contributed by atoms with E-state index in [0.717, 1.165) is 23.1 Å². The highest BCUT2D eigenvalue weighted by Crippen LogP contribution is 2.32. The summed E-state index contributed by atoms with van der Waals surface area (Å²) in [5, 5.41) is 16.0. The zero-order valence-electron chi connectivity index (χ0n) is 11.1. The van der Waals surface area contributed by atoms with Crippen molar-refractivity contribution in [3.8, 4) is 16.5 Å². The molecule has 7 nitrogen and oxygen atoms in total. The molecule has 0 bridgehead atoms. The van der Waals surface area contributed by atoms with Gasteiger partial charge in [0.05, 0.1) is 15.5 Å². The van der Waals surface area contributed by atoms with Crippen molar-refractivity contribution in [3.63, 3.8) is 0 Å². The predicted octanol–water partition coefficient (Wildman–Crippen LogP) is 3.32. The molecule has 0 saturated carbocycles. The Morgan fingerprint density at radius 3 is 2.65 bits per heavy atom. The molecule has 0 aliphatic carbocycles. The molecule has 23 heavy (non-hydrogen) atoms. The van der Waals surface area contributed by atoms with Crippen LogP contribution >= 0.6 is 11.3 Å². The van der Waals surface area contributed by atoms with Crippen molar-refractivity contribution < 1.29 is 18.1 Å². The van der Waals surface area contributed by atoms with E-state index in [1.54, 1.807) is 17.5 Å². The average Bonchev–Trinajstić information content (AvgIpc) is 3.17. The van der Waals surface area contributed by atoms with Crippen LogP contribution in [0, 0.1) is 10.1 Å². The maximum Gasteiger partial charge on any atom is 0.433 e. The van der Waals surface area contributed by atoms with E-state index < -0.39 is 22.7 Å². The lowest BCUT2D eigenvalue weighted by molar-refractivity contribution is -0.384. The zero-order chi connectivity index (χ0) is 16.6. The molecule has 3 heterocycles. The fourth-order valence-corrected chi connectivity index (χ4v) is 2.44. The third kappa shape index (κ3) is 3.04. The molecule has 0 amide bonds. The van der Waals surface area contributed by atoms with Crippen LogP contribution in [-0.2, 0) is 6.18 Å². The van der Waals surface area contributed by atoms with E-state index in [1.165, 1.54) is 11.3 Å². The molecule has 3 aromatic heterocycles. The fourth-order valence-electron chi connectivity index (χ4n) is 1.75. The average molecular weight is 341 g/mol. The van der Waals surface area contributed by atoms with Gasteiger partial charge >= 0.3 is 11.9 Å². The number of hydrogen-bond donors (Lipinski definition) is 0. The van der Waals surface area contributed by atoms with Crippen molar-refractivity contribution in [2.75, 3.05) is 0 Å². The summed E-state index contributed by atoms with van der Waals surface area (Å²) in [7, 11) is 0. The third-order valence-electron chi connectivity index (χ3n) is 2.76. The van der Waals surface area contributed by atoms with E-state index in [2.05, 4.69) is 15.1 Å². The van der Waals surface area contributed by atoms with Gasteiger partial charge in [0.2, 0.25) is 0 Å². The van der Waals surface area contributed by atoms with Crippen molar-refractivity contribution in [2.45, 2.75) is 6.18 Å². The molecule has 0 atom stereocenters. The number of halogens is 3. The molecule has 0 aliphatic rings. The molecule has 0 fully saturated rings. The van der Waals surface area contributed by atoms with Crippen LogP contribution in [0.5, 0.6) is 0 Å². The van der Waals surface area contributed by atoms with Gasteiger partial charge < -0.3 is 0 Å². The van der Waals surface area contributed by atoms with Gasteiger partial charge in [-0.2, -0.15) is 23.0 Å². The Kier molecular flexibility index (Phi) is 3.56. The van der Waals surface area contributed by atoms with E-state index in [-0.39, 0.29) is 11.4 Å². The van der Waals surface area contributed by atoms with Crippen LogP contribution in [0.2, 0.25) is 0 Å². The van der Waals surface area contributed by atoms with Crippen LogP contribution in [0.15, 0.2) is 36.0 Å². The highest BCUT2D eigenvalue weighted by atomic mass is 32.1. The first-order chi connectivity index (χ1) is 10.8. The van der Waals surface area contributed by atoms with Gasteiger partial charge in [-0.25, -0.2) is 9.97 Å². The molecule has 118 valence electrons. The van der Waals surface area contributed by atoms with Crippen LogP contribution in [0.3, 0.4) is 0 Å². The lowest BCUT2D eigenvalue weighted by Crippen LogP contribution is -2.13. The van der Waals surface area contributed by atoms with Crippen molar-refractivity contribution >= 4 is 17.0 Å². The lowest BCUT2D eigenvalue weighted by atomic mass is 10.3. The van der Waals surface area contributed by atoms with Crippen LogP contribution in [0.1, 0.15) is 5.69 Å². The predicted molar refractivity (Wildman–Crippen MR) is 74.1 cm³/mol. The summed E-state index contributed by atoms with van der Waals surface area (Å²) in [4.78, 5) is 17.9. The minimum atomic E-state index is -4.68. The first-order valence-corrected chi connectivity index (χ1v) is 6.92. The zero-order valence-corrected chi connectivity index (χ0v) is 11.9. The summed E-state index contributed by atoms with van der Waals surface area (Å²) >= 11 is 1.21. The number of rotatable bonds is 3. The minimum absolute atomic E-state index is 0.0653. The Balaban J connectivity index is 2.15. The standard InChI is InChI=1S/C12H6F3N5O2S/c13-12(14,15)10-4-8(9-2-1-3-23-9)17-11(18-10)19-6-7(5-16-19)20(21)22/h1-6H. The number of thiophene rings is 1. The molecule has 0 unspecified atom stereocenters. The Hall–Kier alpha value is -2.82. The second kappa shape index (κ2) is 5.43. The van der Waals surface area contributed by atoms with Crippen molar-refractivity contribution in [2.24, 2.45) is 0 Å². The van der Waals surface area contributed by atoms with Gasteiger partial charge in [0.1, 0.15) is 12.4 Å². The molecular formula is C12H6F3N5O2S. The van der Waals surface area contributed by atoms with E-state index in [0.29, 0.717) is 4.88 Å². The van der Waals surface area contributed by atoms with Crippen LogP contribution in [0.4, 0.5) is 18.9 Å². The summed E-state index contributed by atoms with van der Waals surface area (Å²) in [6.07, 6.45) is -2.81. The summed E-state index contributed by atoms with van der Waals surface area (Å²) in [5.74, 6) is -0.392. The van der Waals surface area contributed by atoms with Gasteiger partial charge in [-0.1, -0.05) is 6.07 Å². The van der Waals surface area contributed by atoms with Crippen LogP contribution < -0.4 is 0 Å². The number of aromatic nitrogens is 4. The normalized spacial score (nSPS) is 11.6. The third-order valence-corrected chi connectivity index (χ3v) is 3.66. The van der Waals surface area contributed by atoms with E-state index in [9.17, 15) is 23.3 Å². The summed E-state index contributed by atoms with van der Waals surface area (Å²) in [6, 6.07) is 4.11. The molecule has 3 aromatic rings. The molecule has 3 rings (SSSR count). The summed E-state index contributed by atoms with van der Waals surface area (Å²) in [6.45, 7) is 0. The minimum Gasteiger partial charge on any atom is -0.258 e. The molecule has 0 aromatic carbocycles. The van der Waals surface area contributed by atoms with Crippen molar-refractivity contribution in [1.29, 1.82) is 0 Å². The maximum atomic E-state index is 13.0. The SMILES string of the molecule is O=[N+]([O-])c1cnn(-c2nc(-c3cccs3)cc(C(F)(F)F)n2)c1. The van der Waals surface area contributed by atoms with E-state index in [1.807, 2.05) is 0 Å². The fraction of sp³-hybridized carbons (Fsp3) is 0.0833. The molecule has 0 N–H and O–H groups in total. The molecular weight excluding hydrogens is 335 g/mol. The lowest BCUT2D eigenvalue weighted by Gasteiger charge is -2.09. The van der Waals surface area contributed by atoms with E-state index in [4.69, 9.17) is 0 Å². The van der Waals surface area contributed by atoms with Gasteiger partial charge in [0.25, 0.3) is 5.95 Å².